The van der Waals surface area contributed by atoms with Crippen LogP contribution in [0, 0.1) is 0 Å². The number of benzene rings is 2. The zero-order chi connectivity index (χ0) is 20.1. The van der Waals surface area contributed by atoms with E-state index in [9.17, 15) is 9.59 Å². The summed E-state index contributed by atoms with van der Waals surface area (Å²) in [6.45, 7) is 0.509. The average molecular weight is 412 g/mol. The number of anilines is 1. The first-order valence-corrected chi connectivity index (χ1v) is 11.1. The van der Waals surface area contributed by atoms with E-state index >= 15 is 0 Å². The number of nitrogens with one attached hydrogen (secondary N) is 1. The molecule has 2 aromatic rings. The smallest absolute Gasteiger partial charge is 0.339 e. The minimum Gasteiger partial charge on any atom is -0.452 e. The quantitative estimate of drug-likeness (QED) is 0.545. The van der Waals surface area contributed by atoms with Gasteiger partial charge in [-0.15, -0.1) is 11.8 Å². The summed E-state index contributed by atoms with van der Waals surface area (Å²) in [6, 6.07) is 13.3. The molecule has 1 N–H and O–H groups in total. The molecule has 1 aliphatic carbocycles. The lowest BCUT2D eigenvalue weighted by atomic mass is 10.1. The number of esters is 1. The van der Waals surface area contributed by atoms with E-state index < -0.39 is 5.97 Å². The van der Waals surface area contributed by atoms with E-state index in [0.29, 0.717) is 5.56 Å². The minimum absolute atomic E-state index is 0.238. The van der Waals surface area contributed by atoms with Crippen molar-refractivity contribution in [2.24, 2.45) is 0 Å². The van der Waals surface area contributed by atoms with E-state index in [1.54, 1.807) is 23.9 Å². The van der Waals surface area contributed by atoms with Crippen molar-refractivity contribution >= 4 is 29.3 Å². The first-order valence-electron chi connectivity index (χ1n) is 10.1. The molecule has 0 aromatic heterocycles. The molecule has 29 heavy (non-hydrogen) atoms. The Morgan fingerprint density at radius 1 is 1.10 bits per heavy atom. The van der Waals surface area contributed by atoms with Crippen LogP contribution >= 0.6 is 11.8 Å². The van der Waals surface area contributed by atoms with Gasteiger partial charge in [-0.25, -0.2) is 4.79 Å². The SMILES string of the molecule is O=C(COC(=O)c1ccccc1SC[C@@H]1CCCO1)Nc1ccc2c(c1)CCC2. The summed E-state index contributed by atoms with van der Waals surface area (Å²) in [6.07, 6.45) is 5.70. The molecule has 1 saturated heterocycles. The Morgan fingerprint density at radius 2 is 1.97 bits per heavy atom. The molecule has 1 atom stereocenters. The Labute approximate surface area is 175 Å². The molecule has 2 aromatic carbocycles. The predicted octanol–water partition coefficient (Wildman–Crippen LogP) is 4.24. The second kappa shape index (κ2) is 9.46. The van der Waals surface area contributed by atoms with E-state index in [4.69, 9.17) is 9.47 Å². The number of amides is 1. The van der Waals surface area contributed by atoms with Crippen molar-refractivity contribution < 1.29 is 19.1 Å². The highest BCUT2D eigenvalue weighted by Crippen LogP contribution is 2.27. The van der Waals surface area contributed by atoms with Gasteiger partial charge in [0, 0.05) is 22.9 Å². The molecule has 1 heterocycles. The van der Waals surface area contributed by atoms with Crippen LogP contribution in [0.3, 0.4) is 0 Å². The van der Waals surface area contributed by atoms with Crippen molar-refractivity contribution in [2.45, 2.75) is 43.1 Å². The van der Waals surface area contributed by atoms with Crippen LogP contribution in [0.5, 0.6) is 0 Å². The first kappa shape index (κ1) is 20.0. The molecule has 1 amide bonds. The predicted molar refractivity (Wildman–Crippen MR) is 114 cm³/mol. The second-order valence-electron chi connectivity index (χ2n) is 7.40. The number of rotatable bonds is 7. The minimum atomic E-state index is -0.482. The molecule has 0 bridgehead atoms. The van der Waals surface area contributed by atoms with Gasteiger partial charge >= 0.3 is 5.97 Å². The van der Waals surface area contributed by atoms with Gasteiger partial charge in [-0.1, -0.05) is 18.2 Å². The Hall–Kier alpha value is -2.31. The standard InChI is InChI=1S/C23H25NO4S/c25-22(24-18-11-10-16-5-3-6-17(16)13-18)14-28-23(26)20-8-1-2-9-21(20)29-15-19-7-4-12-27-19/h1-2,8-11,13,19H,3-7,12,14-15H2,(H,24,25)/t19-/m0/s1. The van der Waals surface area contributed by atoms with Crippen LogP contribution in [0.1, 0.15) is 40.7 Å². The summed E-state index contributed by atoms with van der Waals surface area (Å²) < 4.78 is 10.9. The largest absolute Gasteiger partial charge is 0.452 e. The number of carbonyl (C=O) groups excluding carboxylic acids is 2. The van der Waals surface area contributed by atoms with E-state index in [-0.39, 0.29) is 18.6 Å². The van der Waals surface area contributed by atoms with Gasteiger partial charge in [0.25, 0.3) is 5.91 Å². The van der Waals surface area contributed by atoms with Crippen LogP contribution in [-0.4, -0.2) is 36.9 Å². The molecule has 4 rings (SSSR count). The van der Waals surface area contributed by atoms with Gasteiger partial charge in [0.05, 0.1) is 11.7 Å². The van der Waals surface area contributed by atoms with Gasteiger partial charge in [0.15, 0.2) is 6.61 Å². The number of thioether (sulfide) groups is 1. The Morgan fingerprint density at radius 3 is 2.83 bits per heavy atom. The number of ether oxygens (including phenoxy) is 2. The number of carbonyl (C=O) groups is 2. The molecule has 1 fully saturated rings. The third-order valence-electron chi connectivity index (χ3n) is 5.27. The average Bonchev–Trinajstić information content (AvgIpc) is 3.42. The maximum atomic E-state index is 12.5. The third kappa shape index (κ3) is 5.19. The van der Waals surface area contributed by atoms with E-state index in [1.165, 1.54) is 11.1 Å². The van der Waals surface area contributed by atoms with E-state index in [2.05, 4.69) is 11.4 Å². The van der Waals surface area contributed by atoms with Gasteiger partial charge in [-0.2, -0.15) is 0 Å². The molecular weight excluding hydrogens is 386 g/mol. The highest BCUT2D eigenvalue weighted by atomic mass is 32.2. The number of fused-ring (bicyclic) bond motifs is 1. The maximum absolute atomic E-state index is 12.5. The monoisotopic (exact) mass is 411 g/mol. The van der Waals surface area contributed by atoms with Crippen molar-refractivity contribution in [3.05, 3.63) is 59.2 Å². The van der Waals surface area contributed by atoms with Crippen LogP contribution in [-0.2, 0) is 27.1 Å². The molecule has 5 nitrogen and oxygen atoms in total. The van der Waals surface area contributed by atoms with Crippen LogP contribution < -0.4 is 5.32 Å². The van der Waals surface area contributed by atoms with E-state index in [0.717, 1.165) is 55.0 Å². The van der Waals surface area contributed by atoms with E-state index in [1.807, 2.05) is 24.3 Å². The lowest BCUT2D eigenvalue weighted by Crippen LogP contribution is -2.21. The van der Waals surface area contributed by atoms with Crippen molar-refractivity contribution in [1.82, 2.24) is 0 Å². The van der Waals surface area contributed by atoms with Gasteiger partial charge in [0.2, 0.25) is 0 Å². The molecular formula is C23H25NO4S. The summed E-state index contributed by atoms with van der Waals surface area (Å²) >= 11 is 1.59. The summed E-state index contributed by atoms with van der Waals surface area (Å²) in [4.78, 5) is 25.6. The fraction of sp³-hybridized carbons (Fsp3) is 0.391. The van der Waals surface area contributed by atoms with Crippen molar-refractivity contribution in [1.29, 1.82) is 0 Å². The summed E-state index contributed by atoms with van der Waals surface area (Å²) in [5.41, 5.74) is 3.88. The molecule has 6 heteroatoms. The molecule has 0 spiro atoms. The summed E-state index contributed by atoms with van der Waals surface area (Å²) in [5.74, 6) is -0.00587. The highest BCUT2D eigenvalue weighted by Gasteiger charge is 2.19. The zero-order valence-corrected chi connectivity index (χ0v) is 17.1. The van der Waals surface area contributed by atoms with Crippen LogP contribution in [0.25, 0.3) is 0 Å². The van der Waals surface area contributed by atoms with Crippen LogP contribution in [0.15, 0.2) is 47.4 Å². The van der Waals surface area contributed by atoms with Crippen LogP contribution in [0.2, 0.25) is 0 Å². The molecule has 152 valence electrons. The van der Waals surface area contributed by atoms with Gasteiger partial charge in [0.1, 0.15) is 0 Å². The number of hydrogen-bond acceptors (Lipinski definition) is 5. The normalized spacial score (nSPS) is 17.7. The summed E-state index contributed by atoms with van der Waals surface area (Å²) in [7, 11) is 0. The fourth-order valence-corrected chi connectivity index (χ4v) is 4.89. The topological polar surface area (TPSA) is 64.6 Å². The second-order valence-corrected chi connectivity index (χ2v) is 8.47. The van der Waals surface area contributed by atoms with Crippen LogP contribution in [0.4, 0.5) is 5.69 Å². The zero-order valence-electron chi connectivity index (χ0n) is 16.3. The maximum Gasteiger partial charge on any atom is 0.339 e. The molecule has 2 aliphatic rings. The van der Waals surface area contributed by atoms with Gasteiger partial charge in [-0.3, -0.25) is 4.79 Å². The molecule has 0 saturated carbocycles. The number of hydrogen-bond donors (Lipinski definition) is 1. The lowest BCUT2D eigenvalue weighted by Gasteiger charge is -2.12. The highest BCUT2D eigenvalue weighted by molar-refractivity contribution is 7.99. The Balaban J connectivity index is 1.30. The Bertz CT molecular complexity index is 892. The molecule has 0 radical (unpaired) electrons. The molecule has 0 unspecified atom stereocenters. The first-order chi connectivity index (χ1) is 14.2. The van der Waals surface area contributed by atoms with Gasteiger partial charge in [-0.05, 0) is 67.5 Å². The van der Waals surface area contributed by atoms with Gasteiger partial charge < -0.3 is 14.8 Å². The molecule has 1 aliphatic heterocycles. The lowest BCUT2D eigenvalue weighted by molar-refractivity contribution is -0.119. The van der Waals surface area contributed by atoms with Crippen molar-refractivity contribution in [2.75, 3.05) is 24.3 Å². The Kier molecular flexibility index (Phi) is 6.52. The fourth-order valence-electron chi connectivity index (χ4n) is 3.78. The van der Waals surface area contributed by atoms with Crippen molar-refractivity contribution in [3.63, 3.8) is 0 Å². The third-order valence-corrected chi connectivity index (χ3v) is 6.48. The summed E-state index contributed by atoms with van der Waals surface area (Å²) in [5, 5.41) is 2.82. The van der Waals surface area contributed by atoms with Crippen molar-refractivity contribution in [3.8, 4) is 0 Å². The number of aryl methyl sites for hydroxylation is 2.